The first-order valence-corrected chi connectivity index (χ1v) is 10.2. The van der Waals surface area contributed by atoms with Crippen LogP contribution in [0.5, 0.6) is 0 Å². The van der Waals surface area contributed by atoms with Crippen LogP contribution in [0.4, 0.5) is 5.69 Å². The first-order valence-electron chi connectivity index (χ1n) is 8.59. The van der Waals surface area contributed by atoms with Gasteiger partial charge in [0.25, 0.3) is 0 Å². The molecule has 0 aliphatic heterocycles. The Morgan fingerprint density at radius 3 is 2.59 bits per heavy atom. The van der Waals surface area contributed by atoms with Crippen molar-refractivity contribution < 1.29 is 8.42 Å². The summed E-state index contributed by atoms with van der Waals surface area (Å²) in [5, 5.41) is 0. The highest BCUT2D eigenvalue weighted by atomic mass is 32.2. The fraction of sp³-hybridized carbons (Fsp3) is 0.0952. The van der Waals surface area contributed by atoms with Crippen molar-refractivity contribution in [2.24, 2.45) is 0 Å². The van der Waals surface area contributed by atoms with E-state index < -0.39 is 10.0 Å². The van der Waals surface area contributed by atoms with Gasteiger partial charge in [0, 0.05) is 23.6 Å². The lowest BCUT2D eigenvalue weighted by Crippen LogP contribution is -2.15. The van der Waals surface area contributed by atoms with Crippen LogP contribution in [0.3, 0.4) is 0 Å². The average molecular weight is 377 g/mol. The average Bonchev–Trinajstić information content (AvgIpc) is 3.05. The third-order valence-electron chi connectivity index (χ3n) is 4.23. The lowest BCUT2D eigenvalue weighted by Gasteiger charge is -2.09. The summed E-state index contributed by atoms with van der Waals surface area (Å²) in [6.45, 7) is 2.03. The smallest absolute Gasteiger partial charge is 0.236 e. The van der Waals surface area contributed by atoms with E-state index in [0.717, 1.165) is 28.0 Å². The largest absolute Gasteiger partial charge is 0.306 e. The topological polar surface area (TPSA) is 63.5 Å². The molecule has 2 heterocycles. The molecule has 0 fully saturated rings. The number of rotatable bonds is 5. The van der Waals surface area contributed by atoms with E-state index in [1.165, 1.54) is 0 Å². The zero-order valence-corrected chi connectivity index (χ0v) is 15.6. The van der Waals surface area contributed by atoms with Crippen LogP contribution in [0.15, 0.2) is 79.1 Å². The summed E-state index contributed by atoms with van der Waals surface area (Å²) in [5.74, 6) is -0.0638. The molecule has 0 unspecified atom stereocenters. The molecule has 0 saturated carbocycles. The van der Waals surface area contributed by atoms with Gasteiger partial charge in [0.2, 0.25) is 10.0 Å². The molecule has 136 valence electrons. The van der Waals surface area contributed by atoms with Crippen LogP contribution in [-0.4, -0.2) is 17.8 Å². The van der Waals surface area contributed by atoms with Crippen LogP contribution in [0.1, 0.15) is 11.1 Å². The molecule has 0 amide bonds. The molecule has 0 atom stereocenters. The van der Waals surface area contributed by atoms with E-state index in [2.05, 4.69) is 9.71 Å². The molecule has 0 radical (unpaired) electrons. The van der Waals surface area contributed by atoms with Crippen molar-refractivity contribution >= 4 is 21.4 Å². The highest BCUT2D eigenvalue weighted by molar-refractivity contribution is 7.91. The number of fused-ring (bicyclic) bond motifs is 1. The number of benzene rings is 2. The zero-order chi connectivity index (χ0) is 18.9. The van der Waals surface area contributed by atoms with Crippen LogP contribution in [-0.2, 0) is 15.8 Å². The minimum Gasteiger partial charge on any atom is -0.306 e. The summed E-state index contributed by atoms with van der Waals surface area (Å²) in [6, 6.07) is 20.4. The van der Waals surface area contributed by atoms with E-state index in [1.807, 2.05) is 66.2 Å². The Labute approximate surface area is 158 Å². The number of aromatic nitrogens is 2. The molecule has 0 spiro atoms. The molecule has 5 nitrogen and oxygen atoms in total. The van der Waals surface area contributed by atoms with Crippen molar-refractivity contribution in [1.82, 2.24) is 9.38 Å². The maximum atomic E-state index is 12.5. The number of hydrogen-bond donors (Lipinski definition) is 1. The van der Waals surface area contributed by atoms with Gasteiger partial charge < -0.3 is 4.40 Å². The van der Waals surface area contributed by atoms with Crippen LogP contribution in [0.25, 0.3) is 16.9 Å². The maximum Gasteiger partial charge on any atom is 0.236 e. The second-order valence-electron chi connectivity index (χ2n) is 6.53. The van der Waals surface area contributed by atoms with Gasteiger partial charge in [-0.05, 0) is 36.2 Å². The van der Waals surface area contributed by atoms with Gasteiger partial charge in [-0.1, -0.05) is 48.5 Å². The number of anilines is 1. The summed E-state index contributed by atoms with van der Waals surface area (Å²) in [4.78, 5) is 4.62. The first-order chi connectivity index (χ1) is 13.0. The number of sulfonamides is 1. The molecule has 2 aromatic carbocycles. The quantitative estimate of drug-likeness (QED) is 0.565. The molecule has 1 N–H and O–H groups in total. The van der Waals surface area contributed by atoms with Gasteiger partial charge in [-0.25, -0.2) is 13.4 Å². The monoisotopic (exact) mass is 377 g/mol. The van der Waals surface area contributed by atoms with Crippen molar-refractivity contribution in [1.29, 1.82) is 0 Å². The van der Waals surface area contributed by atoms with Crippen LogP contribution >= 0.6 is 0 Å². The summed E-state index contributed by atoms with van der Waals surface area (Å²) < 4.78 is 29.6. The van der Waals surface area contributed by atoms with Gasteiger partial charge in [-0.2, -0.15) is 0 Å². The fourth-order valence-corrected chi connectivity index (χ4v) is 4.18. The number of hydrogen-bond acceptors (Lipinski definition) is 3. The number of aryl methyl sites for hydroxylation is 1. The van der Waals surface area contributed by atoms with E-state index in [1.54, 1.807) is 24.3 Å². The van der Waals surface area contributed by atoms with E-state index >= 15 is 0 Å². The number of nitrogens with one attached hydrogen (secondary N) is 1. The van der Waals surface area contributed by atoms with Crippen LogP contribution in [0.2, 0.25) is 0 Å². The predicted octanol–water partition coefficient (Wildman–Crippen LogP) is 4.25. The SMILES string of the molecule is Cc1ccc2nc(-c3cccc(NS(=O)(=O)Cc4ccccc4)c3)cn2c1. The molecule has 0 aliphatic rings. The molecule has 2 aromatic heterocycles. The lowest BCUT2D eigenvalue weighted by molar-refractivity contribution is 0.600. The molecule has 0 aliphatic carbocycles. The fourth-order valence-electron chi connectivity index (χ4n) is 2.99. The first kappa shape index (κ1) is 17.3. The second kappa shape index (κ2) is 6.89. The predicted molar refractivity (Wildman–Crippen MR) is 108 cm³/mol. The second-order valence-corrected chi connectivity index (χ2v) is 8.25. The molecular formula is C21H19N3O2S. The van der Waals surface area contributed by atoms with Gasteiger partial charge in [0.1, 0.15) is 5.65 Å². The molecule has 6 heteroatoms. The minimum atomic E-state index is -3.49. The normalized spacial score (nSPS) is 11.6. The third-order valence-corrected chi connectivity index (χ3v) is 5.49. The van der Waals surface area contributed by atoms with E-state index in [9.17, 15) is 8.42 Å². The van der Waals surface area contributed by atoms with Crippen molar-refractivity contribution in [2.75, 3.05) is 4.72 Å². The van der Waals surface area contributed by atoms with E-state index in [4.69, 9.17) is 0 Å². The zero-order valence-electron chi connectivity index (χ0n) is 14.8. The summed E-state index contributed by atoms with van der Waals surface area (Å²) >= 11 is 0. The van der Waals surface area contributed by atoms with E-state index in [-0.39, 0.29) is 5.75 Å². The number of pyridine rings is 1. The van der Waals surface area contributed by atoms with Gasteiger partial charge in [0.15, 0.2) is 0 Å². The maximum absolute atomic E-state index is 12.5. The van der Waals surface area contributed by atoms with E-state index in [0.29, 0.717) is 5.69 Å². The highest BCUT2D eigenvalue weighted by Gasteiger charge is 2.13. The number of nitrogens with zero attached hydrogens (tertiary/aromatic N) is 2. The Hall–Kier alpha value is -3.12. The van der Waals surface area contributed by atoms with Gasteiger partial charge in [-0.3, -0.25) is 4.72 Å². The molecular weight excluding hydrogens is 358 g/mol. The van der Waals surface area contributed by atoms with Crippen molar-refractivity contribution in [3.63, 3.8) is 0 Å². The highest BCUT2D eigenvalue weighted by Crippen LogP contribution is 2.23. The molecule has 4 rings (SSSR count). The molecule has 0 saturated heterocycles. The molecule has 27 heavy (non-hydrogen) atoms. The molecule has 0 bridgehead atoms. The van der Waals surface area contributed by atoms with Crippen LogP contribution < -0.4 is 4.72 Å². The Kier molecular flexibility index (Phi) is 4.41. The standard InChI is InChI=1S/C21H19N3O2S/c1-16-10-11-21-22-20(14-24(21)13-16)18-8-5-9-19(12-18)23-27(25,26)15-17-6-3-2-4-7-17/h2-14,23H,15H2,1H3. The van der Waals surface area contributed by atoms with Crippen molar-refractivity contribution in [3.8, 4) is 11.3 Å². The van der Waals surface area contributed by atoms with Gasteiger partial charge >= 0.3 is 0 Å². The summed E-state index contributed by atoms with van der Waals surface area (Å²) in [7, 11) is -3.49. The third kappa shape index (κ3) is 4.01. The van der Waals surface area contributed by atoms with Crippen molar-refractivity contribution in [3.05, 3.63) is 90.3 Å². The summed E-state index contributed by atoms with van der Waals surface area (Å²) in [6.07, 6.45) is 3.96. The Balaban J connectivity index is 1.60. The lowest BCUT2D eigenvalue weighted by atomic mass is 10.1. The molecule has 4 aromatic rings. The van der Waals surface area contributed by atoms with Gasteiger partial charge in [-0.15, -0.1) is 0 Å². The number of imidazole rings is 1. The van der Waals surface area contributed by atoms with Gasteiger partial charge in [0.05, 0.1) is 11.4 Å². The minimum absolute atomic E-state index is 0.0638. The van der Waals surface area contributed by atoms with Crippen molar-refractivity contribution in [2.45, 2.75) is 12.7 Å². The Morgan fingerprint density at radius 1 is 0.963 bits per heavy atom. The Morgan fingerprint density at radius 2 is 1.78 bits per heavy atom. The Bertz CT molecular complexity index is 1200. The summed E-state index contributed by atoms with van der Waals surface area (Å²) in [5.41, 5.74) is 4.93. The van der Waals surface area contributed by atoms with Crippen LogP contribution in [0, 0.1) is 6.92 Å².